The highest BCUT2D eigenvalue weighted by Crippen LogP contribution is 2.37. The van der Waals surface area contributed by atoms with Gasteiger partial charge in [0.05, 0.1) is 16.5 Å². The first-order chi connectivity index (χ1) is 11.2. The molecule has 0 atom stereocenters. The maximum atomic E-state index is 9.17. The van der Waals surface area contributed by atoms with E-state index in [1.54, 1.807) is 6.20 Å². The summed E-state index contributed by atoms with van der Waals surface area (Å²) in [6.45, 7) is 2.09. The molecule has 0 N–H and O–H groups in total. The Labute approximate surface area is 133 Å². The average Bonchev–Trinajstić information content (AvgIpc) is 2.93. The minimum atomic E-state index is 0.532. The first kappa shape index (κ1) is 13.5. The van der Waals surface area contributed by atoms with Crippen LogP contribution in [0, 0.1) is 18.3 Å². The van der Waals surface area contributed by atoms with Crippen molar-refractivity contribution in [2.45, 2.75) is 6.92 Å². The van der Waals surface area contributed by atoms with E-state index in [1.165, 1.54) is 0 Å². The van der Waals surface area contributed by atoms with Gasteiger partial charge >= 0.3 is 0 Å². The van der Waals surface area contributed by atoms with Crippen LogP contribution in [0.3, 0.4) is 0 Å². The summed E-state index contributed by atoms with van der Waals surface area (Å²) in [7, 11) is 2.02. The molecule has 0 radical (unpaired) electrons. The minimum absolute atomic E-state index is 0.532. The fourth-order valence-corrected chi connectivity index (χ4v) is 3.03. The lowest BCUT2D eigenvalue weighted by molar-refractivity contribution is -0.660. The van der Waals surface area contributed by atoms with Crippen LogP contribution in [0.15, 0.2) is 53.2 Å². The van der Waals surface area contributed by atoms with Crippen molar-refractivity contribution >= 4 is 22.1 Å². The largest absolute Gasteiger partial charge is 0.438 e. The van der Waals surface area contributed by atoms with Crippen LogP contribution in [-0.4, -0.2) is 4.98 Å². The number of hydrogen-bond donors (Lipinski definition) is 0. The lowest BCUT2D eigenvalue weighted by Gasteiger charge is -2.06. The van der Waals surface area contributed by atoms with Gasteiger partial charge in [-0.2, -0.15) is 5.26 Å². The van der Waals surface area contributed by atoms with Gasteiger partial charge in [-0.1, -0.05) is 6.07 Å². The monoisotopic (exact) mass is 300 g/mol. The molecule has 110 valence electrons. The van der Waals surface area contributed by atoms with Crippen LogP contribution < -0.4 is 4.57 Å². The topological polar surface area (TPSA) is 53.7 Å². The van der Waals surface area contributed by atoms with Crippen molar-refractivity contribution in [1.29, 1.82) is 5.26 Å². The zero-order chi connectivity index (χ0) is 16.0. The Morgan fingerprint density at radius 1 is 1.22 bits per heavy atom. The molecule has 0 saturated carbocycles. The van der Waals surface area contributed by atoms with Gasteiger partial charge in [0.25, 0.3) is 0 Å². The lowest BCUT2D eigenvalue weighted by Crippen LogP contribution is -2.30. The van der Waals surface area contributed by atoms with Gasteiger partial charge in [-0.3, -0.25) is 0 Å². The van der Waals surface area contributed by atoms with Crippen LogP contribution >= 0.6 is 0 Å². The molecule has 4 aromatic rings. The maximum Gasteiger partial charge on any atom is 0.227 e. The van der Waals surface area contributed by atoms with Crippen molar-refractivity contribution in [1.82, 2.24) is 4.98 Å². The van der Waals surface area contributed by atoms with Gasteiger partial charge in [0.2, 0.25) is 11.4 Å². The van der Waals surface area contributed by atoms with Gasteiger partial charge in [-0.15, -0.1) is 0 Å². The molecule has 23 heavy (non-hydrogen) atoms. The molecule has 0 unspecified atom stereocenters. The lowest BCUT2D eigenvalue weighted by atomic mass is 9.98. The van der Waals surface area contributed by atoms with Gasteiger partial charge in [0.1, 0.15) is 18.7 Å². The smallest absolute Gasteiger partial charge is 0.227 e. The van der Waals surface area contributed by atoms with E-state index < -0.39 is 0 Å². The third kappa shape index (κ3) is 1.98. The Morgan fingerprint density at radius 2 is 2.09 bits per heavy atom. The summed E-state index contributed by atoms with van der Waals surface area (Å²) >= 11 is 0. The Balaban J connectivity index is 2.21. The molecule has 4 rings (SSSR count). The van der Waals surface area contributed by atoms with Gasteiger partial charge in [0, 0.05) is 23.7 Å². The molecule has 0 aliphatic carbocycles. The minimum Gasteiger partial charge on any atom is -0.438 e. The number of nitrogens with zero attached hydrogens (tertiary/aromatic N) is 3. The van der Waals surface area contributed by atoms with Crippen LogP contribution in [0.5, 0.6) is 0 Å². The number of fused-ring (bicyclic) bond motifs is 3. The number of nitriles is 1. The molecular formula is C19H14N3O+. The molecule has 0 aliphatic rings. The van der Waals surface area contributed by atoms with E-state index in [1.807, 2.05) is 37.5 Å². The predicted octanol–water partition coefficient (Wildman–Crippen LogP) is 3.65. The second-order valence-electron chi connectivity index (χ2n) is 5.62. The third-order valence-electron chi connectivity index (χ3n) is 4.14. The third-order valence-corrected chi connectivity index (χ3v) is 4.14. The zero-order valence-electron chi connectivity index (χ0n) is 12.9. The van der Waals surface area contributed by atoms with Gasteiger partial charge in [-0.05, 0) is 30.7 Å². The molecule has 4 heteroatoms. The van der Waals surface area contributed by atoms with Crippen molar-refractivity contribution in [3.63, 3.8) is 0 Å². The van der Waals surface area contributed by atoms with E-state index in [-0.39, 0.29) is 0 Å². The molecule has 0 fully saturated rings. The van der Waals surface area contributed by atoms with Crippen molar-refractivity contribution in [2.24, 2.45) is 7.05 Å². The van der Waals surface area contributed by atoms with E-state index in [4.69, 9.17) is 9.68 Å². The number of aryl methyl sites for hydroxylation is 2. The summed E-state index contributed by atoms with van der Waals surface area (Å²) in [6, 6.07) is 14.1. The van der Waals surface area contributed by atoms with Gasteiger partial charge in [-0.25, -0.2) is 9.55 Å². The Morgan fingerprint density at radius 3 is 2.87 bits per heavy atom. The normalized spacial score (nSPS) is 11.0. The van der Waals surface area contributed by atoms with Crippen molar-refractivity contribution < 1.29 is 8.98 Å². The number of furan rings is 1. The number of benzene rings is 1. The number of hydrogen-bond acceptors (Lipinski definition) is 3. The molecule has 0 aliphatic heterocycles. The molecule has 3 aromatic heterocycles. The van der Waals surface area contributed by atoms with Crippen molar-refractivity contribution in [2.75, 3.05) is 0 Å². The quantitative estimate of drug-likeness (QED) is 0.504. The molecule has 0 amide bonds. The summed E-state index contributed by atoms with van der Waals surface area (Å²) in [6.07, 6.45) is 3.56. The highest BCUT2D eigenvalue weighted by atomic mass is 16.3. The van der Waals surface area contributed by atoms with Crippen LogP contribution in [0.4, 0.5) is 0 Å². The number of aromatic nitrogens is 2. The summed E-state index contributed by atoms with van der Waals surface area (Å²) in [4.78, 5) is 4.28. The molecule has 0 bridgehead atoms. The Kier molecular flexibility index (Phi) is 2.88. The second-order valence-corrected chi connectivity index (χ2v) is 5.62. The fourth-order valence-electron chi connectivity index (χ4n) is 3.03. The van der Waals surface area contributed by atoms with Crippen molar-refractivity contribution in [3.8, 4) is 17.3 Å². The standard InChI is InChI=1S/C19H14N3O/c1-12-6-7-16-18(17(12)15-5-3-4-8-22(15)2)14-9-13(10-20)11-21-19(14)23-16/h3-9,11H,1-2H3/q+1. The molecule has 0 spiro atoms. The predicted molar refractivity (Wildman–Crippen MR) is 87.6 cm³/mol. The second kappa shape index (κ2) is 4.92. The highest BCUT2D eigenvalue weighted by molar-refractivity contribution is 6.11. The SMILES string of the molecule is Cc1ccc2oc3ncc(C#N)cc3c2c1-c1cccc[n+]1C. The fraction of sp³-hybridized carbons (Fsp3) is 0.105. The van der Waals surface area contributed by atoms with Crippen LogP contribution in [0.25, 0.3) is 33.3 Å². The van der Waals surface area contributed by atoms with E-state index in [9.17, 15) is 0 Å². The van der Waals surface area contributed by atoms with E-state index in [0.29, 0.717) is 11.3 Å². The first-order valence-corrected chi connectivity index (χ1v) is 7.36. The van der Waals surface area contributed by atoms with Crippen LogP contribution in [0.1, 0.15) is 11.1 Å². The molecular weight excluding hydrogens is 286 g/mol. The summed E-state index contributed by atoms with van der Waals surface area (Å²) < 4.78 is 7.96. The van der Waals surface area contributed by atoms with Gasteiger partial charge in [0.15, 0.2) is 6.20 Å². The van der Waals surface area contributed by atoms with E-state index in [0.717, 1.165) is 33.2 Å². The average molecular weight is 300 g/mol. The number of rotatable bonds is 1. The van der Waals surface area contributed by atoms with Crippen LogP contribution in [-0.2, 0) is 7.05 Å². The molecule has 0 saturated heterocycles. The molecule has 1 aromatic carbocycles. The highest BCUT2D eigenvalue weighted by Gasteiger charge is 2.20. The summed E-state index contributed by atoms with van der Waals surface area (Å²) in [5, 5.41) is 11.0. The van der Waals surface area contributed by atoms with Crippen LogP contribution in [0.2, 0.25) is 0 Å². The summed E-state index contributed by atoms with van der Waals surface area (Å²) in [5.74, 6) is 0. The van der Waals surface area contributed by atoms with Crippen molar-refractivity contribution in [3.05, 3.63) is 59.9 Å². The first-order valence-electron chi connectivity index (χ1n) is 7.36. The number of pyridine rings is 2. The van der Waals surface area contributed by atoms with Gasteiger partial charge < -0.3 is 4.42 Å². The molecule has 3 heterocycles. The van der Waals surface area contributed by atoms with E-state index >= 15 is 0 Å². The maximum absolute atomic E-state index is 9.17. The molecule has 4 nitrogen and oxygen atoms in total. The summed E-state index contributed by atoms with van der Waals surface area (Å²) in [5.41, 5.74) is 5.24. The van der Waals surface area contributed by atoms with E-state index in [2.05, 4.69) is 34.7 Å². The Hall–Kier alpha value is -3.19. The zero-order valence-corrected chi connectivity index (χ0v) is 12.9. The Bertz CT molecular complexity index is 1100.